The average molecular weight is 883 g/mol. The number of piperazine rings is 1. The highest BCUT2D eigenvalue weighted by Gasteiger charge is 2.50. The van der Waals surface area contributed by atoms with Crippen LogP contribution in [0.15, 0.2) is 60.9 Å². The molecule has 0 unspecified atom stereocenters. The highest BCUT2D eigenvalue weighted by molar-refractivity contribution is 6.02. The van der Waals surface area contributed by atoms with Gasteiger partial charge in [-0.05, 0) is 129 Å². The van der Waals surface area contributed by atoms with E-state index < -0.39 is 0 Å². The van der Waals surface area contributed by atoms with Crippen LogP contribution in [-0.2, 0) is 45.1 Å². The molecule has 0 atom stereocenters. The van der Waals surface area contributed by atoms with E-state index >= 15 is 0 Å². The number of benzene rings is 2. The number of aromatic nitrogens is 4. The van der Waals surface area contributed by atoms with Gasteiger partial charge in [-0.1, -0.05) is 0 Å². The molecule has 0 radical (unpaired) electrons. The number of H-pyrrole nitrogens is 2. The molecule has 3 fully saturated rings. The van der Waals surface area contributed by atoms with Crippen molar-refractivity contribution in [1.29, 1.82) is 0 Å². The van der Waals surface area contributed by atoms with Crippen LogP contribution in [0.25, 0.3) is 45.0 Å². The standard InChI is InChI=1S/C29H33N5O2.C24H21N3O3/c1-33-9-11-34(12-10-33)17-20-13-18(4-6-25(20)36-2)23-14-22-19(16-30-23)3-5-21-26-24(31-27(21)22)15-29(7-8-29)32-28(26)35;1-30-20-5-3-13(8-15(20)12-28)18-9-17-14(11-25-18)2-4-16-21-19(26-22(16)17)10-24(6-7-24)27-23(21)29/h4,6,13-14,16,31H,3,5,7-12,15,17H2,1-2H3,(H,32,35);3,5,8-9,11-12,26H,2,4,6-7,10H2,1H3,(H,27,29). The van der Waals surface area contributed by atoms with Gasteiger partial charge < -0.3 is 35.0 Å². The molecule has 66 heavy (non-hydrogen) atoms. The first-order chi connectivity index (χ1) is 32.1. The number of aldehydes is 1. The Bertz CT molecular complexity index is 3000. The number of aromatic amines is 2. The van der Waals surface area contributed by atoms with Crippen LogP contribution < -0.4 is 20.1 Å². The van der Waals surface area contributed by atoms with Crippen molar-refractivity contribution in [2.45, 2.75) is 81.8 Å². The van der Waals surface area contributed by atoms with E-state index in [0.717, 1.165) is 177 Å². The largest absolute Gasteiger partial charge is 0.496 e. The molecule has 4 aliphatic carbocycles. The fraction of sp³-hybridized carbons (Fsp3) is 0.377. The first-order valence-electron chi connectivity index (χ1n) is 23.5. The number of ether oxygens (including phenoxy) is 2. The van der Waals surface area contributed by atoms with Gasteiger partial charge in [-0.2, -0.15) is 0 Å². The molecule has 13 nitrogen and oxygen atoms in total. The highest BCUT2D eigenvalue weighted by atomic mass is 16.5. The van der Waals surface area contributed by atoms with Gasteiger partial charge in [0.1, 0.15) is 11.5 Å². The summed E-state index contributed by atoms with van der Waals surface area (Å²) in [6, 6.07) is 16.2. The normalized spacial score (nSPS) is 19.1. The Labute approximate surface area is 383 Å². The number of nitrogens with one attached hydrogen (secondary N) is 4. The monoisotopic (exact) mass is 882 g/mol. The molecule has 2 saturated carbocycles. The van der Waals surface area contributed by atoms with Gasteiger partial charge in [0, 0.05) is 108 Å². The zero-order valence-corrected chi connectivity index (χ0v) is 37.8. The van der Waals surface area contributed by atoms with Crippen molar-refractivity contribution in [3.8, 4) is 56.5 Å². The Morgan fingerprint density at radius 1 is 0.667 bits per heavy atom. The molecular formula is C53H54N8O5. The number of aryl methyl sites for hydroxylation is 2. The summed E-state index contributed by atoms with van der Waals surface area (Å²) in [5.41, 5.74) is 18.5. The van der Waals surface area contributed by atoms with Gasteiger partial charge in [0.25, 0.3) is 11.8 Å². The molecule has 7 heterocycles. The lowest BCUT2D eigenvalue weighted by Crippen LogP contribution is -2.43. The molecule has 2 aromatic carbocycles. The van der Waals surface area contributed by atoms with Crippen LogP contribution in [0.4, 0.5) is 0 Å². The van der Waals surface area contributed by atoms with Crippen LogP contribution in [0.2, 0.25) is 0 Å². The van der Waals surface area contributed by atoms with E-state index in [0.29, 0.717) is 11.3 Å². The Balaban J connectivity index is 0.000000141. The summed E-state index contributed by atoms with van der Waals surface area (Å²) in [6.45, 7) is 5.19. The van der Waals surface area contributed by atoms with Gasteiger partial charge in [-0.3, -0.25) is 29.3 Å². The smallest absolute Gasteiger partial charge is 0.253 e. The predicted octanol–water partition coefficient (Wildman–Crippen LogP) is 6.90. The molecule has 1 saturated heterocycles. The minimum atomic E-state index is -0.0158. The lowest BCUT2D eigenvalue weighted by molar-refractivity contribution is 0.0908. The molecule has 0 bridgehead atoms. The zero-order chi connectivity index (χ0) is 44.9. The summed E-state index contributed by atoms with van der Waals surface area (Å²) in [5, 5.41) is 6.51. The number of amides is 2. The Morgan fingerprint density at radius 3 is 1.68 bits per heavy atom. The Hall–Kier alpha value is -6.57. The van der Waals surface area contributed by atoms with Gasteiger partial charge in [0.2, 0.25) is 0 Å². The predicted molar refractivity (Wildman–Crippen MR) is 251 cm³/mol. The summed E-state index contributed by atoms with van der Waals surface area (Å²) in [4.78, 5) is 58.9. The first kappa shape index (κ1) is 40.9. The number of nitrogens with zero attached hydrogens (tertiary/aromatic N) is 4. The number of fused-ring (bicyclic) bond motifs is 10. The summed E-state index contributed by atoms with van der Waals surface area (Å²) in [5.74, 6) is 1.64. The average Bonchev–Trinajstić information content (AvgIpc) is 4.18. The maximum absolute atomic E-state index is 13.0. The van der Waals surface area contributed by atoms with E-state index in [1.165, 1.54) is 27.8 Å². The number of hydrogen-bond donors (Lipinski definition) is 4. The number of hydrogen-bond acceptors (Lipinski definition) is 9. The van der Waals surface area contributed by atoms with Crippen LogP contribution >= 0.6 is 0 Å². The molecule has 13 heteroatoms. The lowest BCUT2D eigenvalue weighted by atomic mass is 9.87. The van der Waals surface area contributed by atoms with E-state index in [2.05, 4.69) is 72.8 Å². The molecule has 4 aromatic heterocycles. The lowest BCUT2D eigenvalue weighted by Gasteiger charge is -2.32. The van der Waals surface area contributed by atoms with E-state index in [1.807, 2.05) is 18.5 Å². The van der Waals surface area contributed by atoms with E-state index in [1.54, 1.807) is 26.4 Å². The van der Waals surface area contributed by atoms with Crippen molar-refractivity contribution in [2.24, 2.45) is 0 Å². The van der Waals surface area contributed by atoms with Crippen molar-refractivity contribution < 1.29 is 23.9 Å². The molecule has 3 aliphatic heterocycles. The van der Waals surface area contributed by atoms with E-state index in [-0.39, 0.29) is 22.9 Å². The van der Waals surface area contributed by atoms with Crippen molar-refractivity contribution in [1.82, 2.24) is 40.4 Å². The topological polar surface area (TPSA) is 158 Å². The van der Waals surface area contributed by atoms with Crippen LogP contribution in [0.5, 0.6) is 11.5 Å². The molecule has 13 rings (SSSR count). The molecule has 336 valence electrons. The second-order valence-electron chi connectivity index (χ2n) is 19.6. The van der Waals surface area contributed by atoms with Crippen LogP contribution in [0.1, 0.15) is 96.0 Å². The quantitative estimate of drug-likeness (QED) is 0.125. The number of rotatable bonds is 7. The van der Waals surface area contributed by atoms with Crippen molar-refractivity contribution in [3.05, 3.63) is 117 Å². The van der Waals surface area contributed by atoms with E-state index in [4.69, 9.17) is 14.5 Å². The Morgan fingerprint density at radius 2 is 1.18 bits per heavy atom. The second kappa shape index (κ2) is 15.5. The molecule has 2 spiro atoms. The molecular weight excluding hydrogens is 829 g/mol. The molecule has 2 amide bonds. The van der Waals surface area contributed by atoms with Gasteiger partial charge in [-0.15, -0.1) is 0 Å². The van der Waals surface area contributed by atoms with E-state index in [9.17, 15) is 14.4 Å². The van der Waals surface area contributed by atoms with Crippen molar-refractivity contribution in [3.63, 3.8) is 0 Å². The van der Waals surface area contributed by atoms with Crippen LogP contribution in [-0.4, -0.2) is 106 Å². The second-order valence-corrected chi connectivity index (χ2v) is 19.6. The number of methoxy groups -OCH3 is 2. The van der Waals surface area contributed by atoms with Gasteiger partial charge in [0.15, 0.2) is 6.29 Å². The maximum atomic E-state index is 13.0. The van der Waals surface area contributed by atoms with Crippen molar-refractivity contribution in [2.75, 3.05) is 47.4 Å². The van der Waals surface area contributed by atoms with Gasteiger partial charge in [0.05, 0.1) is 53.7 Å². The minimum Gasteiger partial charge on any atom is -0.496 e. The van der Waals surface area contributed by atoms with Gasteiger partial charge in [-0.25, -0.2) is 0 Å². The SMILES string of the molecule is COc1ccc(-c2cc3c(cn2)CCc2c-3[nH]c3c2C(=O)NC2(CC2)C3)cc1C=O.COc1ccc(-c2cc3c(cn2)CCc2c-3[nH]c3c2C(=O)NC2(CC2)C3)cc1CN1CCN(C)CC1. The third-order valence-corrected chi connectivity index (χ3v) is 15.3. The Kier molecular flexibility index (Phi) is 9.62. The highest BCUT2D eigenvalue weighted by Crippen LogP contribution is 2.47. The minimum absolute atomic E-state index is 0.00698. The molecule has 7 aliphatic rings. The summed E-state index contributed by atoms with van der Waals surface area (Å²) >= 11 is 0. The van der Waals surface area contributed by atoms with Crippen LogP contribution in [0, 0.1) is 0 Å². The van der Waals surface area contributed by atoms with Crippen LogP contribution in [0.3, 0.4) is 0 Å². The zero-order valence-electron chi connectivity index (χ0n) is 37.8. The maximum Gasteiger partial charge on any atom is 0.253 e. The van der Waals surface area contributed by atoms with Gasteiger partial charge >= 0.3 is 0 Å². The first-order valence-corrected chi connectivity index (χ1v) is 23.5. The molecule has 4 N–H and O–H groups in total. The third-order valence-electron chi connectivity index (χ3n) is 15.3. The summed E-state index contributed by atoms with van der Waals surface area (Å²) in [7, 11) is 5.48. The fourth-order valence-electron chi connectivity index (χ4n) is 11.2. The number of carbonyl (C=O) groups is 3. The summed E-state index contributed by atoms with van der Waals surface area (Å²) in [6.07, 6.45) is 14.3. The number of pyridine rings is 2. The van der Waals surface area contributed by atoms with Crippen molar-refractivity contribution >= 4 is 18.1 Å². The third kappa shape index (κ3) is 7.02. The fourth-order valence-corrected chi connectivity index (χ4v) is 11.2. The summed E-state index contributed by atoms with van der Waals surface area (Å²) < 4.78 is 11.0. The number of likely N-dealkylation sites (N-methyl/N-ethyl adjacent to an activating group) is 1. The number of carbonyl (C=O) groups excluding carboxylic acids is 3. The molecule has 6 aromatic rings.